The predicted octanol–water partition coefficient (Wildman–Crippen LogP) is 2.50. The van der Waals surface area contributed by atoms with Crippen molar-refractivity contribution in [2.45, 2.75) is 44.4 Å². The van der Waals surface area contributed by atoms with Crippen molar-refractivity contribution in [1.29, 1.82) is 0 Å². The number of nitrogens with zero attached hydrogens (tertiary/aromatic N) is 1. The van der Waals surface area contributed by atoms with Crippen LogP contribution in [0, 0.1) is 0 Å². The predicted molar refractivity (Wildman–Crippen MR) is 88.4 cm³/mol. The highest BCUT2D eigenvalue weighted by Gasteiger charge is 2.30. The lowest BCUT2D eigenvalue weighted by atomic mass is 10.0. The molecular weight excluding hydrogens is 284 g/mol. The standard InChI is InChI=1S/C16H26N2O2S/c1-16(2,3)21(19,20)12-11-18-10-6-8-14(17)13-7-4-5-9-15(13)18/h4-5,7,9,14H,6,8,10-12,17H2,1-3H3. The van der Waals surface area contributed by atoms with Gasteiger partial charge in [-0.1, -0.05) is 18.2 Å². The van der Waals surface area contributed by atoms with Crippen LogP contribution in [-0.4, -0.2) is 32.0 Å². The Morgan fingerprint density at radius 3 is 2.62 bits per heavy atom. The molecule has 0 amide bonds. The van der Waals surface area contributed by atoms with Crippen molar-refractivity contribution in [2.24, 2.45) is 5.73 Å². The second-order valence-corrected chi connectivity index (χ2v) is 9.59. The fourth-order valence-corrected chi connectivity index (χ4v) is 3.71. The molecule has 1 atom stereocenters. The number of hydrogen-bond donors (Lipinski definition) is 1. The minimum absolute atomic E-state index is 0.0467. The van der Waals surface area contributed by atoms with Crippen LogP contribution in [0.2, 0.25) is 0 Å². The van der Waals surface area contributed by atoms with Gasteiger partial charge in [-0.15, -0.1) is 0 Å². The Balaban J connectivity index is 2.20. The molecule has 0 aliphatic carbocycles. The summed E-state index contributed by atoms with van der Waals surface area (Å²) >= 11 is 0. The van der Waals surface area contributed by atoms with Crippen molar-refractivity contribution in [3.63, 3.8) is 0 Å². The highest BCUT2D eigenvalue weighted by atomic mass is 32.2. The van der Waals surface area contributed by atoms with E-state index in [1.165, 1.54) is 0 Å². The minimum Gasteiger partial charge on any atom is -0.370 e. The van der Waals surface area contributed by atoms with Gasteiger partial charge < -0.3 is 10.6 Å². The third-order valence-electron chi connectivity index (χ3n) is 4.18. The van der Waals surface area contributed by atoms with Crippen LogP contribution in [0.15, 0.2) is 24.3 Å². The van der Waals surface area contributed by atoms with Crippen LogP contribution in [0.25, 0.3) is 0 Å². The smallest absolute Gasteiger partial charge is 0.156 e. The Morgan fingerprint density at radius 1 is 1.29 bits per heavy atom. The molecule has 1 unspecified atom stereocenters. The van der Waals surface area contributed by atoms with E-state index < -0.39 is 14.6 Å². The lowest BCUT2D eigenvalue weighted by molar-refractivity contribution is 0.558. The molecule has 1 aromatic carbocycles. The van der Waals surface area contributed by atoms with Gasteiger partial charge in [0, 0.05) is 24.8 Å². The van der Waals surface area contributed by atoms with E-state index in [2.05, 4.69) is 11.0 Å². The molecule has 21 heavy (non-hydrogen) atoms. The zero-order chi connectivity index (χ0) is 15.7. The SMILES string of the molecule is CC(C)(C)S(=O)(=O)CCN1CCCC(N)c2ccccc21. The molecule has 4 nitrogen and oxygen atoms in total. The van der Waals surface area contributed by atoms with Gasteiger partial charge in [0.15, 0.2) is 9.84 Å². The summed E-state index contributed by atoms with van der Waals surface area (Å²) in [6.45, 7) is 6.67. The van der Waals surface area contributed by atoms with Crippen LogP contribution in [0.3, 0.4) is 0 Å². The molecule has 5 heteroatoms. The highest BCUT2D eigenvalue weighted by Crippen LogP contribution is 2.31. The zero-order valence-electron chi connectivity index (χ0n) is 13.2. The van der Waals surface area contributed by atoms with Gasteiger partial charge >= 0.3 is 0 Å². The van der Waals surface area contributed by atoms with Crippen molar-refractivity contribution in [3.8, 4) is 0 Å². The van der Waals surface area contributed by atoms with Crippen molar-refractivity contribution < 1.29 is 8.42 Å². The first-order valence-corrected chi connectivity index (χ1v) is 9.19. The Morgan fingerprint density at radius 2 is 1.95 bits per heavy atom. The fraction of sp³-hybridized carbons (Fsp3) is 0.625. The summed E-state index contributed by atoms with van der Waals surface area (Å²) < 4.78 is 23.9. The van der Waals surface area contributed by atoms with E-state index in [1.807, 2.05) is 18.2 Å². The Labute approximate surface area is 128 Å². The molecular formula is C16H26N2O2S. The number of rotatable bonds is 3. The molecule has 2 N–H and O–H groups in total. The maximum atomic E-state index is 12.3. The van der Waals surface area contributed by atoms with Crippen LogP contribution < -0.4 is 10.6 Å². The summed E-state index contributed by atoms with van der Waals surface area (Å²) in [7, 11) is -3.10. The number of anilines is 1. The average Bonchev–Trinajstić information content (AvgIpc) is 2.56. The molecule has 1 aromatic rings. The summed E-state index contributed by atoms with van der Waals surface area (Å²) in [5.74, 6) is 0.181. The molecule has 1 aliphatic rings. The number of para-hydroxylation sites is 1. The zero-order valence-corrected chi connectivity index (χ0v) is 14.0. The second kappa shape index (κ2) is 5.97. The third kappa shape index (κ3) is 3.58. The number of sulfone groups is 1. The Bertz CT molecular complexity index is 591. The van der Waals surface area contributed by atoms with E-state index in [-0.39, 0.29) is 11.8 Å². The maximum absolute atomic E-state index is 12.3. The topological polar surface area (TPSA) is 63.4 Å². The van der Waals surface area contributed by atoms with Gasteiger partial charge in [-0.2, -0.15) is 0 Å². The highest BCUT2D eigenvalue weighted by molar-refractivity contribution is 7.92. The first kappa shape index (κ1) is 16.3. The summed E-state index contributed by atoms with van der Waals surface area (Å²) in [5, 5.41) is 0. The number of nitrogens with two attached hydrogens (primary N) is 1. The van der Waals surface area contributed by atoms with E-state index in [0.717, 1.165) is 30.6 Å². The van der Waals surface area contributed by atoms with Gasteiger partial charge in [-0.25, -0.2) is 8.42 Å². The summed E-state index contributed by atoms with van der Waals surface area (Å²) in [6, 6.07) is 8.13. The van der Waals surface area contributed by atoms with Crippen molar-refractivity contribution in [3.05, 3.63) is 29.8 Å². The molecule has 0 aromatic heterocycles. The lowest BCUT2D eigenvalue weighted by Crippen LogP contribution is -2.37. The molecule has 0 spiro atoms. The Kier molecular flexibility index (Phi) is 4.63. The first-order valence-electron chi connectivity index (χ1n) is 7.54. The summed E-state index contributed by atoms with van der Waals surface area (Å²) in [6.07, 6.45) is 1.94. The van der Waals surface area contributed by atoms with Crippen LogP contribution in [0.4, 0.5) is 5.69 Å². The molecule has 1 aliphatic heterocycles. The quantitative estimate of drug-likeness (QED) is 0.931. The van der Waals surface area contributed by atoms with E-state index in [4.69, 9.17) is 5.73 Å². The van der Waals surface area contributed by atoms with Gasteiger partial charge in [0.25, 0.3) is 0 Å². The van der Waals surface area contributed by atoms with Crippen LogP contribution in [0.5, 0.6) is 0 Å². The monoisotopic (exact) mass is 310 g/mol. The van der Waals surface area contributed by atoms with Gasteiger partial charge in [-0.3, -0.25) is 0 Å². The van der Waals surface area contributed by atoms with E-state index >= 15 is 0 Å². The van der Waals surface area contributed by atoms with Crippen molar-refractivity contribution in [2.75, 3.05) is 23.7 Å². The Hall–Kier alpha value is -1.07. The third-order valence-corrected chi connectivity index (χ3v) is 6.77. The first-order chi connectivity index (χ1) is 9.72. The molecule has 0 bridgehead atoms. The fourth-order valence-electron chi connectivity index (χ4n) is 2.64. The molecule has 0 radical (unpaired) electrons. The van der Waals surface area contributed by atoms with Crippen LogP contribution >= 0.6 is 0 Å². The molecule has 0 saturated heterocycles. The molecule has 0 saturated carbocycles. The molecule has 118 valence electrons. The van der Waals surface area contributed by atoms with Crippen LogP contribution in [0.1, 0.15) is 45.2 Å². The van der Waals surface area contributed by atoms with Gasteiger partial charge in [-0.05, 0) is 45.2 Å². The molecule has 0 fully saturated rings. The van der Waals surface area contributed by atoms with Gasteiger partial charge in [0.2, 0.25) is 0 Å². The summed E-state index contributed by atoms with van der Waals surface area (Å²) in [4.78, 5) is 2.17. The minimum atomic E-state index is -3.10. The number of fused-ring (bicyclic) bond motifs is 1. The van der Waals surface area contributed by atoms with Crippen molar-refractivity contribution >= 4 is 15.5 Å². The van der Waals surface area contributed by atoms with Gasteiger partial charge in [0.1, 0.15) is 0 Å². The largest absolute Gasteiger partial charge is 0.370 e. The maximum Gasteiger partial charge on any atom is 0.156 e. The number of hydrogen-bond acceptors (Lipinski definition) is 4. The van der Waals surface area contributed by atoms with Crippen molar-refractivity contribution in [1.82, 2.24) is 0 Å². The number of benzene rings is 1. The second-order valence-electron chi connectivity index (χ2n) is 6.73. The van der Waals surface area contributed by atoms with Crippen LogP contribution in [-0.2, 0) is 9.84 Å². The normalized spacial score (nSPS) is 20.0. The molecule has 2 rings (SSSR count). The van der Waals surface area contributed by atoms with Gasteiger partial charge in [0.05, 0.1) is 10.5 Å². The van der Waals surface area contributed by atoms with E-state index in [1.54, 1.807) is 20.8 Å². The average molecular weight is 310 g/mol. The summed E-state index contributed by atoms with van der Waals surface area (Å²) in [5.41, 5.74) is 8.43. The lowest BCUT2D eigenvalue weighted by Gasteiger charge is -2.27. The molecule has 1 heterocycles. The van der Waals surface area contributed by atoms with E-state index in [0.29, 0.717) is 6.54 Å². The van der Waals surface area contributed by atoms with E-state index in [9.17, 15) is 8.42 Å².